The van der Waals surface area contributed by atoms with Gasteiger partial charge in [0.25, 0.3) is 0 Å². The van der Waals surface area contributed by atoms with E-state index in [1.165, 1.54) is 11.1 Å². The summed E-state index contributed by atoms with van der Waals surface area (Å²) in [5, 5.41) is 0. The van der Waals surface area contributed by atoms with Gasteiger partial charge in [-0.15, -0.1) is 0 Å². The zero-order chi connectivity index (χ0) is 9.26. The standard InChI is InChI=1S/C10H14N2O/c1-12-6-5-9-8(7-12)3-2-4-10(9)13-11/h2-4H,5-7,11H2,1H3. The monoisotopic (exact) mass is 178 g/mol. The summed E-state index contributed by atoms with van der Waals surface area (Å²) in [7, 11) is 2.12. The van der Waals surface area contributed by atoms with Gasteiger partial charge in [-0.05, 0) is 25.1 Å². The molecule has 3 heteroatoms. The van der Waals surface area contributed by atoms with Crippen LogP contribution in [-0.4, -0.2) is 18.5 Å². The second-order valence-electron chi connectivity index (χ2n) is 3.50. The van der Waals surface area contributed by atoms with E-state index in [1.807, 2.05) is 12.1 Å². The maximum atomic E-state index is 5.19. The van der Waals surface area contributed by atoms with Crippen molar-refractivity contribution in [3.05, 3.63) is 29.3 Å². The molecule has 0 atom stereocenters. The Morgan fingerprint density at radius 2 is 2.31 bits per heavy atom. The van der Waals surface area contributed by atoms with Gasteiger partial charge in [0.15, 0.2) is 0 Å². The number of nitrogens with two attached hydrogens (primary N) is 1. The molecule has 3 nitrogen and oxygen atoms in total. The molecule has 0 amide bonds. The van der Waals surface area contributed by atoms with E-state index in [4.69, 9.17) is 10.7 Å². The number of hydrogen-bond donors (Lipinski definition) is 1. The summed E-state index contributed by atoms with van der Waals surface area (Å²) in [5.41, 5.74) is 2.60. The van der Waals surface area contributed by atoms with Crippen LogP contribution in [0.3, 0.4) is 0 Å². The molecule has 0 spiro atoms. The Labute approximate surface area is 78.1 Å². The molecule has 0 saturated heterocycles. The molecule has 0 aromatic heterocycles. The third-order valence-corrected chi connectivity index (χ3v) is 2.54. The van der Waals surface area contributed by atoms with Crippen molar-refractivity contribution in [1.29, 1.82) is 0 Å². The Hall–Kier alpha value is -1.06. The van der Waals surface area contributed by atoms with Crippen LogP contribution in [0.25, 0.3) is 0 Å². The van der Waals surface area contributed by atoms with Gasteiger partial charge < -0.3 is 9.74 Å². The van der Waals surface area contributed by atoms with Crippen LogP contribution in [0.2, 0.25) is 0 Å². The number of hydrogen-bond acceptors (Lipinski definition) is 3. The topological polar surface area (TPSA) is 38.5 Å². The van der Waals surface area contributed by atoms with E-state index in [2.05, 4.69) is 18.0 Å². The first-order valence-electron chi connectivity index (χ1n) is 4.47. The Kier molecular flexibility index (Phi) is 2.20. The Morgan fingerprint density at radius 3 is 3.08 bits per heavy atom. The molecule has 1 heterocycles. The van der Waals surface area contributed by atoms with Gasteiger partial charge in [-0.25, -0.2) is 0 Å². The van der Waals surface area contributed by atoms with Crippen molar-refractivity contribution in [2.24, 2.45) is 5.90 Å². The molecule has 1 aromatic rings. The molecule has 1 aromatic carbocycles. The first-order chi connectivity index (χ1) is 6.31. The molecule has 0 aliphatic carbocycles. The quantitative estimate of drug-likeness (QED) is 0.650. The lowest BCUT2D eigenvalue weighted by Crippen LogP contribution is -2.27. The van der Waals surface area contributed by atoms with Crippen LogP contribution in [-0.2, 0) is 13.0 Å². The number of likely N-dealkylation sites (N-methyl/N-ethyl adjacent to an activating group) is 1. The van der Waals surface area contributed by atoms with Gasteiger partial charge in [0.1, 0.15) is 5.75 Å². The Morgan fingerprint density at radius 1 is 1.46 bits per heavy atom. The summed E-state index contributed by atoms with van der Waals surface area (Å²) in [6.45, 7) is 2.07. The van der Waals surface area contributed by atoms with Crippen LogP contribution in [0.4, 0.5) is 0 Å². The van der Waals surface area contributed by atoms with E-state index in [0.29, 0.717) is 0 Å². The van der Waals surface area contributed by atoms with Gasteiger partial charge in [0.2, 0.25) is 0 Å². The molecular formula is C10H14N2O. The molecule has 1 aliphatic rings. The van der Waals surface area contributed by atoms with Crippen molar-refractivity contribution in [3.63, 3.8) is 0 Å². The summed E-state index contributed by atoms with van der Waals surface area (Å²) in [5.74, 6) is 6.02. The zero-order valence-electron chi connectivity index (χ0n) is 7.79. The van der Waals surface area contributed by atoms with Crippen LogP contribution in [0.1, 0.15) is 11.1 Å². The van der Waals surface area contributed by atoms with Crippen LogP contribution in [0, 0.1) is 0 Å². The van der Waals surface area contributed by atoms with Gasteiger partial charge in [0, 0.05) is 18.7 Å². The van der Waals surface area contributed by atoms with E-state index in [0.717, 1.165) is 25.3 Å². The highest BCUT2D eigenvalue weighted by molar-refractivity contribution is 5.41. The fraction of sp³-hybridized carbons (Fsp3) is 0.400. The predicted molar refractivity (Wildman–Crippen MR) is 51.3 cm³/mol. The van der Waals surface area contributed by atoms with Gasteiger partial charge >= 0.3 is 0 Å². The lowest BCUT2D eigenvalue weighted by molar-refractivity contribution is 0.295. The molecule has 70 valence electrons. The minimum atomic E-state index is 0.825. The normalized spacial score (nSPS) is 16.8. The molecule has 1 aliphatic heterocycles. The Balaban J connectivity index is 2.39. The lowest BCUT2D eigenvalue weighted by atomic mass is 9.99. The first-order valence-corrected chi connectivity index (χ1v) is 4.47. The van der Waals surface area contributed by atoms with Crippen molar-refractivity contribution in [2.75, 3.05) is 13.6 Å². The molecule has 0 radical (unpaired) electrons. The van der Waals surface area contributed by atoms with E-state index < -0.39 is 0 Å². The van der Waals surface area contributed by atoms with E-state index in [-0.39, 0.29) is 0 Å². The zero-order valence-corrected chi connectivity index (χ0v) is 7.79. The number of benzene rings is 1. The highest BCUT2D eigenvalue weighted by Gasteiger charge is 2.16. The number of nitrogens with zero attached hydrogens (tertiary/aromatic N) is 1. The van der Waals surface area contributed by atoms with Crippen molar-refractivity contribution >= 4 is 0 Å². The van der Waals surface area contributed by atoms with Gasteiger partial charge in [-0.1, -0.05) is 12.1 Å². The van der Waals surface area contributed by atoms with Crippen LogP contribution < -0.4 is 10.7 Å². The largest absolute Gasteiger partial charge is 0.411 e. The molecule has 0 saturated carbocycles. The third kappa shape index (κ3) is 1.53. The molecule has 13 heavy (non-hydrogen) atoms. The molecule has 0 bridgehead atoms. The SMILES string of the molecule is CN1CCc2c(cccc2ON)C1. The molecule has 2 rings (SSSR count). The fourth-order valence-electron chi connectivity index (χ4n) is 1.83. The molecule has 0 unspecified atom stereocenters. The number of fused-ring (bicyclic) bond motifs is 1. The highest BCUT2D eigenvalue weighted by Crippen LogP contribution is 2.26. The van der Waals surface area contributed by atoms with Crippen molar-refractivity contribution in [3.8, 4) is 5.75 Å². The second-order valence-corrected chi connectivity index (χ2v) is 3.50. The van der Waals surface area contributed by atoms with E-state index in [1.54, 1.807) is 0 Å². The lowest BCUT2D eigenvalue weighted by Gasteiger charge is -2.25. The summed E-state index contributed by atoms with van der Waals surface area (Å²) >= 11 is 0. The maximum absolute atomic E-state index is 5.19. The second kappa shape index (κ2) is 3.36. The summed E-state index contributed by atoms with van der Waals surface area (Å²) in [6.07, 6.45) is 1.03. The molecule has 0 fully saturated rings. The molecule has 2 N–H and O–H groups in total. The maximum Gasteiger partial charge on any atom is 0.150 e. The third-order valence-electron chi connectivity index (χ3n) is 2.54. The van der Waals surface area contributed by atoms with Crippen molar-refractivity contribution < 1.29 is 4.84 Å². The van der Waals surface area contributed by atoms with Crippen molar-refractivity contribution in [2.45, 2.75) is 13.0 Å². The predicted octanol–water partition coefficient (Wildman–Crippen LogP) is 0.927. The molecular weight excluding hydrogens is 164 g/mol. The van der Waals surface area contributed by atoms with Gasteiger partial charge in [0.05, 0.1) is 0 Å². The summed E-state index contributed by atoms with van der Waals surface area (Å²) < 4.78 is 0. The van der Waals surface area contributed by atoms with E-state index in [9.17, 15) is 0 Å². The first kappa shape index (κ1) is 8.53. The van der Waals surface area contributed by atoms with Crippen LogP contribution >= 0.6 is 0 Å². The van der Waals surface area contributed by atoms with Gasteiger partial charge in [-0.3, -0.25) is 0 Å². The van der Waals surface area contributed by atoms with Crippen LogP contribution in [0.5, 0.6) is 5.75 Å². The average Bonchev–Trinajstić information content (AvgIpc) is 2.16. The highest BCUT2D eigenvalue weighted by atomic mass is 16.6. The average molecular weight is 178 g/mol. The van der Waals surface area contributed by atoms with Crippen molar-refractivity contribution in [1.82, 2.24) is 4.90 Å². The number of rotatable bonds is 1. The Bertz CT molecular complexity index is 312. The summed E-state index contributed by atoms with van der Waals surface area (Å²) in [6, 6.07) is 6.04. The van der Waals surface area contributed by atoms with Gasteiger partial charge in [-0.2, -0.15) is 5.90 Å². The minimum Gasteiger partial charge on any atom is -0.411 e. The van der Waals surface area contributed by atoms with Crippen LogP contribution in [0.15, 0.2) is 18.2 Å². The summed E-state index contributed by atoms with van der Waals surface area (Å²) in [4.78, 5) is 7.12. The fourth-order valence-corrected chi connectivity index (χ4v) is 1.83. The van der Waals surface area contributed by atoms with E-state index >= 15 is 0 Å². The minimum absolute atomic E-state index is 0.825. The smallest absolute Gasteiger partial charge is 0.150 e.